The fourth-order valence-electron chi connectivity index (χ4n) is 4.49. The molecule has 1 aliphatic heterocycles. The van der Waals surface area contributed by atoms with Crippen LogP contribution in [-0.4, -0.2) is 28.5 Å². The maximum Gasteiger partial charge on any atom is 0.331 e. The second kappa shape index (κ2) is 8.96. The predicted octanol–water partition coefficient (Wildman–Crippen LogP) is 6.03. The van der Waals surface area contributed by atoms with Crippen molar-refractivity contribution in [2.24, 2.45) is 0 Å². The molecule has 1 fully saturated rings. The first-order valence-corrected chi connectivity index (χ1v) is 10.5. The van der Waals surface area contributed by atoms with Crippen LogP contribution in [0.1, 0.15) is 64.2 Å². The Kier molecular flexibility index (Phi) is 6.59. The van der Waals surface area contributed by atoms with Gasteiger partial charge in [0.25, 0.3) is 0 Å². The van der Waals surface area contributed by atoms with E-state index in [1.165, 1.54) is 12.5 Å². The van der Waals surface area contributed by atoms with E-state index in [2.05, 4.69) is 32.6 Å². The molecule has 1 atom stereocenters. The fourth-order valence-corrected chi connectivity index (χ4v) is 4.49. The van der Waals surface area contributed by atoms with E-state index in [-0.39, 0.29) is 23.2 Å². The van der Waals surface area contributed by atoms with Gasteiger partial charge in [-0.3, -0.25) is 4.90 Å². The van der Waals surface area contributed by atoms with Gasteiger partial charge in [-0.2, -0.15) is 0 Å². The molecule has 0 bridgehead atoms. The summed E-state index contributed by atoms with van der Waals surface area (Å²) >= 11 is 0. The molecule has 2 aromatic carbocycles. The van der Waals surface area contributed by atoms with Gasteiger partial charge < -0.3 is 4.74 Å². The Balaban J connectivity index is 1.80. The largest absolute Gasteiger partial charge is 0.453 e. The summed E-state index contributed by atoms with van der Waals surface area (Å²) < 4.78 is 5.98. The Morgan fingerprint density at radius 3 is 2.10 bits per heavy atom. The van der Waals surface area contributed by atoms with Crippen molar-refractivity contribution in [2.75, 3.05) is 6.54 Å². The van der Waals surface area contributed by atoms with Gasteiger partial charge in [0, 0.05) is 23.7 Å². The first kappa shape index (κ1) is 21.3. The number of benzene rings is 2. The smallest absolute Gasteiger partial charge is 0.331 e. The SMILES string of the molecule is CC1(C)CCCC(C)(C)N1CC(OC(=O)C=Cc1ccccc1)c1ccccc1. The topological polar surface area (TPSA) is 29.5 Å². The molecular formula is C26H33NO2. The fraction of sp³-hybridized carbons (Fsp3) is 0.423. The lowest BCUT2D eigenvalue weighted by Gasteiger charge is -2.53. The van der Waals surface area contributed by atoms with E-state index in [4.69, 9.17) is 4.74 Å². The minimum absolute atomic E-state index is 0.0705. The normalized spacial score (nSPS) is 19.7. The number of hydrogen-bond donors (Lipinski definition) is 0. The number of nitrogens with zero attached hydrogens (tertiary/aromatic N) is 1. The molecule has 29 heavy (non-hydrogen) atoms. The molecule has 154 valence electrons. The molecule has 1 heterocycles. The van der Waals surface area contributed by atoms with Crippen LogP contribution in [0.25, 0.3) is 6.08 Å². The molecular weight excluding hydrogens is 358 g/mol. The molecule has 1 aliphatic rings. The molecule has 3 heteroatoms. The summed E-state index contributed by atoms with van der Waals surface area (Å²) in [7, 11) is 0. The maximum atomic E-state index is 12.6. The Bertz CT molecular complexity index is 808. The van der Waals surface area contributed by atoms with E-state index < -0.39 is 0 Å². The Morgan fingerprint density at radius 1 is 0.966 bits per heavy atom. The number of esters is 1. The van der Waals surface area contributed by atoms with E-state index >= 15 is 0 Å². The number of ether oxygens (including phenoxy) is 1. The zero-order valence-electron chi connectivity index (χ0n) is 18.1. The van der Waals surface area contributed by atoms with Crippen molar-refractivity contribution >= 4 is 12.0 Å². The maximum absolute atomic E-state index is 12.6. The average molecular weight is 392 g/mol. The first-order chi connectivity index (χ1) is 13.8. The lowest BCUT2D eigenvalue weighted by atomic mass is 9.79. The van der Waals surface area contributed by atoms with Crippen molar-refractivity contribution in [1.82, 2.24) is 4.90 Å². The van der Waals surface area contributed by atoms with Crippen molar-refractivity contribution in [1.29, 1.82) is 0 Å². The third kappa shape index (κ3) is 5.57. The van der Waals surface area contributed by atoms with Gasteiger partial charge in [-0.1, -0.05) is 60.7 Å². The van der Waals surface area contributed by atoms with Crippen molar-refractivity contribution in [2.45, 2.75) is 64.1 Å². The van der Waals surface area contributed by atoms with Crippen LogP contribution in [0.5, 0.6) is 0 Å². The number of hydrogen-bond acceptors (Lipinski definition) is 3. The zero-order chi connectivity index (χ0) is 20.9. The van der Waals surface area contributed by atoms with Gasteiger partial charge in [0.15, 0.2) is 0 Å². The molecule has 0 spiro atoms. The van der Waals surface area contributed by atoms with Crippen LogP contribution >= 0.6 is 0 Å². The quantitative estimate of drug-likeness (QED) is 0.445. The molecule has 0 saturated carbocycles. The van der Waals surface area contributed by atoms with Crippen LogP contribution in [-0.2, 0) is 9.53 Å². The number of likely N-dealkylation sites (tertiary alicyclic amines) is 1. The minimum Gasteiger partial charge on any atom is -0.453 e. The third-order valence-corrected chi connectivity index (χ3v) is 6.03. The summed E-state index contributed by atoms with van der Waals surface area (Å²) in [6.45, 7) is 9.88. The standard InChI is InChI=1S/C26H33NO2/c1-25(2)18-11-19-26(3,4)27(25)20-23(22-14-9-6-10-15-22)29-24(28)17-16-21-12-7-5-8-13-21/h5-10,12-17,23H,11,18-20H2,1-4H3. The molecule has 0 aromatic heterocycles. The van der Waals surface area contributed by atoms with Gasteiger partial charge in [0.2, 0.25) is 0 Å². The summed E-state index contributed by atoms with van der Waals surface area (Å²) in [6.07, 6.45) is 6.56. The van der Waals surface area contributed by atoms with Gasteiger partial charge in [0.1, 0.15) is 6.10 Å². The molecule has 0 amide bonds. The van der Waals surface area contributed by atoms with Crippen molar-refractivity contribution < 1.29 is 9.53 Å². The van der Waals surface area contributed by atoms with Crippen molar-refractivity contribution in [3.63, 3.8) is 0 Å². The molecule has 3 rings (SSSR count). The lowest BCUT2D eigenvalue weighted by molar-refractivity contribution is -0.148. The van der Waals surface area contributed by atoms with Crippen LogP contribution in [0, 0.1) is 0 Å². The van der Waals surface area contributed by atoms with Crippen LogP contribution in [0.2, 0.25) is 0 Å². The predicted molar refractivity (Wildman–Crippen MR) is 119 cm³/mol. The average Bonchev–Trinajstić information content (AvgIpc) is 2.69. The molecule has 0 N–H and O–H groups in total. The van der Waals surface area contributed by atoms with Crippen molar-refractivity contribution in [3.05, 3.63) is 77.9 Å². The number of carbonyl (C=O) groups is 1. The van der Waals surface area contributed by atoms with Crippen LogP contribution in [0.3, 0.4) is 0 Å². The zero-order valence-corrected chi connectivity index (χ0v) is 18.1. The second-order valence-corrected chi connectivity index (χ2v) is 9.17. The Hall–Kier alpha value is -2.39. The monoisotopic (exact) mass is 391 g/mol. The summed E-state index contributed by atoms with van der Waals surface area (Å²) in [5.74, 6) is -0.310. The van der Waals surface area contributed by atoms with Gasteiger partial charge in [-0.05, 0) is 64.2 Å². The third-order valence-electron chi connectivity index (χ3n) is 6.03. The highest BCUT2D eigenvalue weighted by Crippen LogP contribution is 2.39. The summed E-state index contributed by atoms with van der Waals surface area (Å²) in [4.78, 5) is 15.2. The summed E-state index contributed by atoms with van der Waals surface area (Å²) in [5, 5.41) is 0. The Morgan fingerprint density at radius 2 is 1.52 bits per heavy atom. The lowest BCUT2D eigenvalue weighted by Crippen LogP contribution is -2.59. The minimum atomic E-state index is -0.310. The van der Waals surface area contributed by atoms with E-state index in [0.717, 1.165) is 24.0 Å². The van der Waals surface area contributed by atoms with Gasteiger partial charge in [-0.15, -0.1) is 0 Å². The highest BCUT2D eigenvalue weighted by atomic mass is 16.5. The highest BCUT2D eigenvalue weighted by Gasteiger charge is 2.42. The molecule has 0 aliphatic carbocycles. The summed E-state index contributed by atoms with van der Waals surface area (Å²) in [6, 6.07) is 19.9. The first-order valence-electron chi connectivity index (χ1n) is 10.5. The Labute approximate surface area is 175 Å². The molecule has 2 aromatic rings. The summed E-state index contributed by atoms with van der Waals surface area (Å²) in [5.41, 5.74) is 2.16. The second-order valence-electron chi connectivity index (χ2n) is 9.17. The molecule has 1 unspecified atom stereocenters. The van der Waals surface area contributed by atoms with Gasteiger partial charge in [0.05, 0.1) is 0 Å². The van der Waals surface area contributed by atoms with E-state index in [0.29, 0.717) is 6.54 Å². The highest BCUT2D eigenvalue weighted by molar-refractivity contribution is 5.87. The van der Waals surface area contributed by atoms with E-state index in [9.17, 15) is 4.79 Å². The van der Waals surface area contributed by atoms with Gasteiger partial charge in [-0.25, -0.2) is 4.79 Å². The van der Waals surface area contributed by atoms with E-state index in [1.807, 2.05) is 60.7 Å². The van der Waals surface area contributed by atoms with Crippen LogP contribution in [0.15, 0.2) is 66.7 Å². The number of piperidine rings is 1. The van der Waals surface area contributed by atoms with Crippen LogP contribution < -0.4 is 0 Å². The van der Waals surface area contributed by atoms with E-state index in [1.54, 1.807) is 6.08 Å². The molecule has 0 radical (unpaired) electrons. The molecule has 3 nitrogen and oxygen atoms in total. The van der Waals surface area contributed by atoms with Crippen molar-refractivity contribution in [3.8, 4) is 0 Å². The van der Waals surface area contributed by atoms with Crippen LogP contribution in [0.4, 0.5) is 0 Å². The molecule has 1 saturated heterocycles. The number of carbonyl (C=O) groups excluding carboxylic acids is 1. The van der Waals surface area contributed by atoms with Gasteiger partial charge >= 0.3 is 5.97 Å². The number of rotatable bonds is 6.